The van der Waals surface area contributed by atoms with E-state index in [1.165, 1.54) is 12.1 Å². The van der Waals surface area contributed by atoms with E-state index in [0.717, 1.165) is 42.8 Å². The molecule has 20 heavy (non-hydrogen) atoms. The number of ether oxygens (including phenoxy) is 1. The molecule has 106 valence electrons. The molecular formula is C14H16FN3OS. The van der Waals surface area contributed by atoms with E-state index in [1.807, 2.05) is 0 Å². The molecule has 0 unspecified atom stereocenters. The molecule has 6 heteroatoms. The van der Waals surface area contributed by atoms with E-state index in [9.17, 15) is 4.39 Å². The number of rotatable bonds is 4. The summed E-state index contributed by atoms with van der Waals surface area (Å²) in [5.41, 5.74) is 1.90. The van der Waals surface area contributed by atoms with Crippen molar-refractivity contribution in [2.45, 2.75) is 6.54 Å². The van der Waals surface area contributed by atoms with Gasteiger partial charge in [0.25, 0.3) is 0 Å². The number of aromatic nitrogens is 1. The van der Waals surface area contributed by atoms with Crippen molar-refractivity contribution >= 4 is 22.2 Å². The zero-order chi connectivity index (χ0) is 13.8. The van der Waals surface area contributed by atoms with Crippen LogP contribution in [0.15, 0.2) is 29.6 Å². The fraction of sp³-hybridized carbons (Fsp3) is 0.357. The minimum absolute atomic E-state index is 0.223. The summed E-state index contributed by atoms with van der Waals surface area (Å²) in [7, 11) is 0. The predicted octanol–water partition coefficient (Wildman–Crippen LogP) is 2.73. The minimum Gasteiger partial charge on any atom is -0.379 e. The largest absolute Gasteiger partial charge is 0.379 e. The van der Waals surface area contributed by atoms with Gasteiger partial charge in [-0.25, -0.2) is 9.37 Å². The van der Waals surface area contributed by atoms with Crippen LogP contribution in [0.2, 0.25) is 0 Å². The van der Waals surface area contributed by atoms with E-state index < -0.39 is 0 Å². The molecule has 0 bridgehead atoms. The van der Waals surface area contributed by atoms with Crippen LogP contribution in [0, 0.1) is 5.82 Å². The molecule has 3 rings (SSSR count). The summed E-state index contributed by atoms with van der Waals surface area (Å²) in [5, 5.41) is 6.34. The number of benzene rings is 1. The summed E-state index contributed by atoms with van der Waals surface area (Å²) in [6.45, 7) is 3.98. The lowest BCUT2D eigenvalue weighted by Gasteiger charge is -2.26. The number of hydrogen-bond donors (Lipinski definition) is 1. The maximum Gasteiger partial charge on any atom is 0.185 e. The van der Waals surface area contributed by atoms with Crippen molar-refractivity contribution < 1.29 is 9.13 Å². The SMILES string of the molecule is Fc1ccc(NCc2csc(N3CCOCC3)n2)cc1. The van der Waals surface area contributed by atoms with Crippen LogP contribution in [0.1, 0.15) is 5.69 Å². The third-order valence-corrected chi connectivity index (χ3v) is 4.09. The molecule has 1 N–H and O–H groups in total. The normalized spacial score (nSPS) is 15.3. The predicted molar refractivity (Wildman–Crippen MR) is 78.9 cm³/mol. The molecule has 0 aliphatic carbocycles. The average Bonchev–Trinajstić information content (AvgIpc) is 2.97. The molecule has 1 aliphatic heterocycles. The molecule has 2 aromatic rings. The van der Waals surface area contributed by atoms with Gasteiger partial charge in [0.15, 0.2) is 5.13 Å². The quantitative estimate of drug-likeness (QED) is 0.940. The number of thiazole rings is 1. The highest BCUT2D eigenvalue weighted by Crippen LogP contribution is 2.22. The molecule has 4 nitrogen and oxygen atoms in total. The zero-order valence-electron chi connectivity index (χ0n) is 11.0. The van der Waals surface area contributed by atoms with Crippen molar-refractivity contribution in [1.82, 2.24) is 4.98 Å². The van der Waals surface area contributed by atoms with Gasteiger partial charge < -0.3 is 15.0 Å². The Balaban J connectivity index is 1.58. The lowest BCUT2D eigenvalue weighted by atomic mass is 10.3. The Morgan fingerprint density at radius 3 is 2.75 bits per heavy atom. The molecule has 1 fully saturated rings. The number of hydrogen-bond acceptors (Lipinski definition) is 5. The zero-order valence-corrected chi connectivity index (χ0v) is 11.8. The molecule has 0 spiro atoms. The van der Waals surface area contributed by atoms with Crippen LogP contribution in [0.3, 0.4) is 0 Å². The minimum atomic E-state index is -0.223. The van der Waals surface area contributed by atoms with E-state index in [2.05, 4.69) is 20.6 Å². The summed E-state index contributed by atoms with van der Waals surface area (Å²) in [5.74, 6) is -0.223. The second kappa shape index (κ2) is 6.19. The maximum absolute atomic E-state index is 12.8. The number of morpholine rings is 1. The molecule has 1 saturated heterocycles. The highest BCUT2D eigenvalue weighted by atomic mass is 32.1. The van der Waals surface area contributed by atoms with Crippen molar-refractivity contribution in [2.24, 2.45) is 0 Å². The van der Waals surface area contributed by atoms with E-state index in [4.69, 9.17) is 4.74 Å². The van der Waals surface area contributed by atoms with Crippen LogP contribution < -0.4 is 10.2 Å². The van der Waals surface area contributed by atoms with Crippen LogP contribution in [0.5, 0.6) is 0 Å². The van der Waals surface area contributed by atoms with Gasteiger partial charge in [-0.3, -0.25) is 0 Å². The van der Waals surface area contributed by atoms with Crippen molar-refractivity contribution in [3.05, 3.63) is 41.2 Å². The standard InChI is InChI=1S/C14H16FN3OS/c15-11-1-3-12(4-2-11)16-9-13-10-20-14(17-13)18-5-7-19-8-6-18/h1-4,10,16H,5-9H2. The Morgan fingerprint density at radius 2 is 2.00 bits per heavy atom. The first kappa shape index (κ1) is 13.3. The van der Waals surface area contributed by atoms with Crippen LogP contribution in [0.4, 0.5) is 15.2 Å². The van der Waals surface area contributed by atoms with Gasteiger partial charge >= 0.3 is 0 Å². The summed E-state index contributed by atoms with van der Waals surface area (Å²) < 4.78 is 18.1. The number of nitrogens with one attached hydrogen (secondary N) is 1. The van der Waals surface area contributed by atoms with Gasteiger partial charge in [-0.2, -0.15) is 0 Å². The molecule has 1 aromatic carbocycles. The Bertz CT molecular complexity index is 552. The van der Waals surface area contributed by atoms with Crippen molar-refractivity contribution in [3.63, 3.8) is 0 Å². The van der Waals surface area contributed by atoms with Crippen LogP contribution in [-0.4, -0.2) is 31.3 Å². The number of anilines is 2. The first-order chi connectivity index (χ1) is 9.81. The second-order valence-corrected chi connectivity index (χ2v) is 5.42. The Morgan fingerprint density at radius 1 is 1.25 bits per heavy atom. The van der Waals surface area contributed by atoms with Crippen molar-refractivity contribution in [3.8, 4) is 0 Å². The third-order valence-electron chi connectivity index (χ3n) is 3.14. The van der Waals surface area contributed by atoms with Gasteiger partial charge in [0, 0.05) is 24.2 Å². The summed E-state index contributed by atoms with van der Waals surface area (Å²) in [4.78, 5) is 6.86. The molecule has 0 saturated carbocycles. The van der Waals surface area contributed by atoms with Gasteiger partial charge in [-0.05, 0) is 24.3 Å². The maximum atomic E-state index is 12.8. The van der Waals surface area contributed by atoms with Crippen LogP contribution in [0.25, 0.3) is 0 Å². The smallest absolute Gasteiger partial charge is 0.185 e. The number of halogens is 1. The summed E-state index contributed by atoms with van der Waals surface area (Å²) in [6.07, 6.45) is 0. The van der Waals surface area contributed by atoms with Crippen molar-refractivity contribution in [1.29, 1.82) is 0 Å². The fourth-order valence-corrected chi connectivity index (χ4v) is 2.92. The third kappa shape index (κ3) is 3.26. The second-order valence-electron chi connectivity index (χ2n) is 4.58. The van der Waals surface area contributed by atoms with Gasteiger partial charge in [0.1, 0.15) is 5.82 Å². The Kier molecular flexibility index (Phi) is 4.13. The average molecular weight is 293 g/mol. The summed E-state index contributed by atoms with van der Waals surface area (Å²) in [6, 6.07) is 6.35. The van der Waals surface area contributed by atoms with E-state index >= 15 is 0 Å². The van der Waals surface area contributed by atoms with Crippen LogP contribution >= 0.6 is 11.3 Å². The topological polar surface area (TPSA) is 37.4 Å². The number of nitrogens with zero attached hydrogens (tertiary/aromatic N) is 2. The molecule has 0 radical (unpaired) electrons. The van der Waals surface area contributed by atoms with Gasteiger partial charge in [-0.15, -0.1) is 11.3 Å². The van der Waals surface area contributed by atoms with Crippen LogP contribution in [-0.2, 0) is 11.3 Å². The Hall–Kier alpha value is -1.66. The Labute approximate surface area is 121 Å². The molecule has 1 aromatic heterocycles. The first-order valence-electron chi connectivity index (χ1n) is 6.58. The van der Waals surface area contributed by atoms with E-state index in [-0.39, 0.29) is 5.82 Å². The highest BCUT2D eigenvalue weighted by molar-refractivity contribution is 7.13. The molecular weight excluding hydrogens is 277 g/mol. The van der Waals surface area contributed by atoms with E-state index in [0.29, 0.717) is 6.54 Å². The molecule has 1 aliphatic rings. The molecule has 2 heterocycles. The van der Waals surface area contributed by atoms with Gasteiger partial charge in [-0.1, -0.05) is 0 Å². The van der Waals surface area contributed by atoms with Crippen molar-refractivity contribution in [2.75, 3.05) is 36.5 Å². The first-order valence-corrected chi connectivity index (χ1v) is 7.46. The monoisotopic (exact) mass is 293 g/mol. The summed E-state index contributed by atoms with van der Waals surface area (Å²) >= 11 is 1.65. The molecule has 0 atom stereocenters. The highest BCUT2D eigenvalue weighted by Gasteiger charge is 2.14. The lowest BCUT2D eigenvalue weighted by Crippen LogP contribution is -2.36. The lowest BCUT2D eigenvalue weighted by molar-refractivity contribution is 0.122. The van der Waals surface area contributed by atoms with E-state index in [1.54, 1.807) is 23.5 Å². The molecule has 0 amide bonds. The fourth-order valence-electron chi connectivity index (χ4n) is 2.04. The van der Waals surface area contributed by atoms with Gasteiger partial charge in [0.2, 0.25) is 0 Å². The van der Waals surface area contributed by atoms with Gasteiger partial charge in [0.05, 0.1) is 25.5 Å².